The highest BCUT2D eigenvalue weighted by molar-refractivity contribution is 5.85. The maximum atomic E-state index is 11.7. The van der Waals surface area contributed by atoms with Crippen molar-refractivity contribution in [3.05, 3.63) is 0 Å². The Kier molecular flexibility index (Phi) is 3.37. The quantitative estimate of drug-likeness (QED) is 0.667. The molecule has 0 heterocycles. The number of hydrogen-bond donors (Lipinski definition) is 0. The molecule has 1 fully saturated rings. The van der Waals surface area contributed by atoms with Gasteiger partial charge in [0.05, 0.1) is 0 Å². The number of Topliss-reactive ketones (excluding diaryl/α,β-unsaturated/α-hetero) is 2. The van der Waals surface area contributed by atoms with Gasteiger partial charge < -0.3 is 0 Å². The second-order valence-electron chi connectivity index (χ2n) is 6.03. The molecule has 0 aromatic heterocycles. The van der Waals surface area contributed by atoms with E-state index < -0.39 is 0 Å². The van der Waals surface area contributed by atoms with Crippen molar-refractivity contribution in [1.82, 2.24) is 0 Å². The Balaban J connectivity index is 2.97. The third-order valence-corrected chi connectivity index (χ3v) is 3.63. The lowest BCUT2D eigenvalue weighted by atomic mass is 9.61. The smallest absolute Gasteiger partial charge is 0.133 e. The van der Waals surface area contributed by atoms with Crippen LogP contribution in [-0.2, 0) is 9.59 Å². The van der Waals surface area contributed by atoms with E-state index in [1.54, 1.807) is 6.92 Å². The fourth-order valence-electron chi connectivity index (χ4n) is 2.87. The fraction of sp³-hybridized carbons (Fsp3) is 0.846. The van der Waals surface area contributed by atoms with Crippen LogP contribution in [0.15, 0.2) is 0 Å². The molecule has 15 heavy (non-hydrogen) atoms. The lowest BCUT2D eigenvalue weighted by Crippen LogP contribution is -2.42. The summed E-state index contributed by atoms with van der Waals surface area (Å²) in [6.07, 6.45) is 1.16. The Morgan fingerprint density at radius 1 is 1.27 bits per heavy atom. The van der Waals surface area contributed by atoms with Crippen molar-refractivity contribution in [3.8, 4) is 0 Å². The Morgan fingerprint density at radius 3 is 2.20 bits per heavy atom. The molecule has 0 unspecified atom stereocenters. The molecule has 1 aliphatic rings. The topological polar surface area (TPSA) is 34.1 Å². The van der Waals surface area contributed by atoms with E-state index >= 15 is 0 Å². The summed E-state index contributed by atoms with van der Waals surface area (Å²) >= 11 is 0. The van der Waals surface area contributed by atoms with Crippen LogP contribution in [0.1, 0.15) is 47.5 Å². The molecule has 2 heteroatoms. The van der Waals surface area contributed by atoms with Crippen LogP contribution in [0.2, 0.25) is 0 Å². The summed E-state index contributed by atoms with van der Waals surface area (Å²) in [5.41, 5.74) is 0.0423. The molecule has 0 aliphatic heterocycles. The monoisotopic (exact) mass is 210 g/mol. The van der Waals surface area contributed by atoms with Crippen LogP contribution >= 0.6 is 0 Å². The zero-order valence-electron chi connectivity index (χ0n) is 10.5. The van der Waals surface area contributed by atoms with Crippen molar-refractivity contribution in [1.29, 1.82) is 0 Å². The predicted octanol–water partition coefficient (Wildman–Crippen LogP) is 2.85. The molecule has 0 bridgehead atoms. The Hall–Kier alpha value is -0.660. The molecule has 1 saturated carbocycles. The van der Waals surface area contributed by atoms with E-state index in [4.69, 9.17) is 0 Å². The van der Waals surface area contributed by atoms with Crippen molar-refractivity contribution in [3.63, 3.8) is 0 Å². The first-order valence-corrected chi connectivity index (χ1v) is 5.75. The van der Waals surface area contributed by atoms with Crippen LogP contribution in [-0.4, -0.2) is 11.6 Å². The zero-order chi connectivity index (χ0) is 11.8. The van der Waals surface area contributed by atoms with E-state index in [0.717, 1.165) is 0 Å². The molecule has 2 nitrogen and oxygen atoms in total. The number of ketones is 2. The molecule has 1 aliphatic carbocycles. The minimum Gasteiger partial charge on any atom is -0.300 e. The second kappa shape index (κ2) is 4.07. The van der Waals surface area contributed by atoms with Gasteiger partial charge in [-0.15, -0.1) is 0 Å². The third-order valence-electron chi connectivity index (χ3n) is 3.63. The average molecular weight is 210 g/mol. The minimum atomic E-state index is 0.0423. The van der Waals surface area contributed by atoms with Crippen LogP contribution in [0.3, 0.4) is 0 Å². The van der Waals surface area contributed by atoms with Gasteiger partial charge in [0, 0.05) is 18.8 Å². The molecular weight excluding hydrogens is 188 g/mol. The van der Waals surface area contributed by atoms with Gasteiger partial charge in [-0.2, -0.15) is 0 Å². The molecule has 0 aromatic rings. The van der Waals surface area contributed by atoms with Gasteiger partial charge in [-0.25, -0.2) is 0 Å². The molecule has 0 radical (unpaired) electrons. The van der Waals surface area contributed by atoms with E-state index in [-0.39, 0.29) is 29.0 Å². The van der Waals surface area contributed by atoms with Gasteiger partial charge in [0.15, 0.2) is 0 Å². The van der Waals surface area contributed by atoms with Crippen molar-refractivity contribution >= 4 is 11.6 Å². The molecule has 3 atom stereocenters. The number of hydrogen-bond acceptors (Lipinski definition) is 2. The summed E-state index contributed by atoms with van der Waals surface area (Å²) in [6, 6.07) is 0. The standard InChI is InChI=1S/C13H22O2/c1-8-6-10(15)7-11(13(3,4)5)12(8)9(2)14/h8,11-12H,6-7H2,1-5H3/t8-,11-,12-/m1/s1. The summed E-state index contributed by atoms with van der Waals surface area (Å²) < 4.78 is 0. The maximum absolute atomic E-state index is 11.7. The van der Waals surface area contributed by atoms with E-state index in [1.165, 1.54) is 0 Å². The highest BCUT2D eigenvalue weighted by Gasteiger charge is 2.42. The van der Waals surface area contributed by atoms with Crippen LogP contribution in [0.4, 0.5) is 0 Å². The summed E-state index contributed by atoms with van der Waals surface area (Å²) in [4.78, 5) is 23.2. The van der Waals surface area contributed by atoms with E-state index in [2.05, 4.69) is 20.8 Å². The van der Waals surface area contributed by atoms with Gasteiger partial charge in [-0.1, -0.05) is 27.7 Å². The molecule has 0 N–H and O–H groups in total. The average Bonchev–Trinajstić information content (AvgIpc) is 1.99. The first-order chi connectivity index (χ1) is 6.73. The van der Waals surface area contributed by atoms with Crippen molar-refractivity contribution in [2.75, 3.05) is 0 Å². The molecule has 0 amide bonds. The van der Waals surface area contributed by atoms with Crippen LogP contribution in [0, 0.1) is 23.2 Å². The first kappa shape index (κ1) is 12.4. The van der Waals surface area contributed by atoms with Crippen LogP contribution < -0.4 is 0 Å². The van der Waals surface area contributed by atoms with Gasteiger partial charge in [0.25, 0.3) is 0 Å². The normalized spacial score (nSPS) is 32.9. The highest BCUT2D eigenvalue weighted by Crippen LogP contribution is 2.43. The zero-order valence-corrected chi connectivity index (χ0v) is 10.5. The molecule has 1 rings (SSSR count). The van der Waals surface area contributed by atoms with Crippen molar-refractivity contribution in [2.45, 2.75) is 47.5 Å². The molecule has 86 valence electrons. The van der Waals surface area contributed by atoms with E-state index in [0.29, 0.717) is 18.6 Å². The Morgan fingerprint density at radius 2 is 1.80 bits per heavy atom. The molecule has 0 spiro atoms. The first-order valence-electron chi connectivity index (χ1n) is 5.75. The van der Waals surface area contributed by atoms with E-state index in [1.807, 2.05) is 6.92 Å². The SMILES string of the molecule is CC(=O)[C@H]1[C@H](C)CC(=O)C[C@H]1C(C)(C)C. The summed E-state index contributed by atoms with van der Waals surface area (Å²) in [5.74, 6) is 1.07. The highest BCUT2D eigenvalue weighted by atomic mass is 16.1. The largest absolute Gasteiger partial charge is 0.300 e. The number of carbonyl (C=O) groups excluding carboxylic acids is 2. The summed E-state index contributed by atoms with van der Waals surface area (Å²) in [6.45, 7) is 10.1. The Labute approximate surface area is 92.4 Å². The van der Waals surface area contributed by atoms with Gasteiger partial charge in [-0.05, 0) is 24.2 Å². The fourth-order valence-corrected chi connectivity index (χ4v) is 2.87. The lowest BCUT2D eigenvalue weighted by molar-refractivity contribution is -0.134. The molecule has 0 saturated heterocycles. The van der Waals surface area contributed by atoms with Gasteiger partial charge >= 0.3 is 0 Å². The second-order valence-corrected chi connectivity index (χ2v) is 6.03. The van der Waals surface area contributed by atoms with Crippen LogP contribution in [0.25, 0.3) is 0 Å². The third kappa shape index (κ3) is 2.67. The van der Waals surface area contributed by atoms with E-state index in [9.17, 15) is 9.59 Å². The maximum Gasteiger partial charge on any atom is 0.133 e. The van der Waals surface area contributed by atoms with Crippen LogP contribution in [0.5, 0.6) is 0 Å². The molecular formula is C13H22O2. The van der Waals surface area contributed by atoms with Gasteiger partial charge in [-0.3, -0.25) is 9.59 Å². The van der Waals surface area contributed by atoms with Gasteiger partial charge in [0.2, 0.25) is 0 Å². The van der Waals surface area contributed by atoms with Crippen molar-refractivity contribution in [2.24, 2.45) is 23.2 Å². The molecule has 0 aromatic carbocycles. The Bertz CT molecular complexity index is 273. The number of carbonyl (C=O) groups is 2. The summed E-state index contributed by atoms with van der Waals surface area (Å²) in [7, 11) is 0. The minimum absolute atomic E-state index is 0.0423. The predicted molar refractivity (Wildman–Crippen MR) is 60.5 cm³/mol. The lowest BCUT2D eigenvalue weighted by Gasteiger charge is -2.41. The summed E-state index contributed by atoms with van der Waals surface area (Å²) in [5, 5.41) is 0. The number of rotatable bonds is 1. The van der Waals surface area contributed by atoms with Gasteiger partial charge in [0.1, 0.15) is 11.6 Å². The van der Waals surface area contributed by atoms with Crippen molar-refractivity contribution < 1.29 is 9.59 Å².